The van der Waals surface area contributed by atoms with E-state index in [4.69, 9.17) is 4.55 Å². The number of hydrogen-bond donors (Lipinski definition) is 1. The van der Waals surface area contributed by atoms with Crippen LogP contribution < -0.4 is 29.6 Å². The van der Waals surface area contributed by atoms with E-state index in [1.165, 1.54) is 0 Å². The van der Waals surface area contributed by atoms with Crippen LogP contribution in [0, 0.1) is 20.8 Å². The van der Waals surface area contributed by atoms with Gasteiger partial charge in [-0.3, -0.25) is 4.55 Å². The summed E-state index contributed by atoms with van der Waals surface area (Å²) >= 11 is 0. The summed E-state index contributed by atoms with van der Waals surface area (Å²) < 4.78 is 30.8. The summed E-state index contributed by atoms with van der Waals surface area (Å²) in [5, 5.41) is 0. The van der Waals surface area contributed by atoms with Crippen molar-refractivity contribution in [3.8, 4) is 0 Å². The molecule has 0 aromatic heterocycles. The average molecular weight is 224 g/mol. The molecule has 0 fully saturated rings. The van der Waals surface area contributed by atoms with E-state index in [0.29, 0.717) is 11.1 Å². The van der Waals surface area contributed by atoms with Gasteiger partial charge in [0.15, 0.2) is 0 Å². The summed E-state index contributed by atoms with van der Waals surface area (Å²) in [5.74, 6) is 0. The van der Waals surface area contributed by atoms with Crippen LogP contribution in [0.5, 0.6) is 0 Å². The van der Waals surface area contributed by atoms with Crippen LogP contribution in [0.4, 0.5) is 0 Å². The maximum absolute atomic E-state index is 10.9. The van der Waals surface area contributed by atoms with Gasteiger partial charge in [-0.15, -0.1) is 0 Å². The van der Waals surface area contributed by atoms with Crippen molar-refractivity contribution < 1.29 is 44.0 Å². The molecule has 74 valence electrons. The van der Waals surface area contributed by atoms with E-state index in [9.17, 15) is 8.42 Å². The smallest absolute Gasteiger partial charge is 1.00 e. The molecule has 0 saturated carbocycles. The Kier molecular flexibility index (Phi) is 4.81. The Morgan fingerprint density at radius 1 is 1.14 bits per heavy atom. The van der Waals surface area contributed by atoms with Gasteiger partial charge in [0.05, 0.1) is 4.90 Å². The monoisotopic (exact) mass is 224 g/mol. The summed E-state index contributed by atoms with van der Waals surface area (Å²) in [6.07, 6.45) is 0. The van der Waals surface area contributed by atoms with E-state index >= 15 is 0 Å². The summed E-state index contributed by atoms with van der Waals surface area (Å²) in [6.45, 7) is 5.22. The van der Waals surface area contributed by atoms with Gasteiger partial charge in [-0.2, -0.15) is 8.42 Å². The minimum absolute atomic E-state index is 0. The van der Waals surface area contributed by atoms with Crippen LogP contribution in [0.1, 0.15) is 18.1 Å². The molecule has 1 aromatic rings. The van der Waals surface area contributed by atoms with Crippen LogP contribution in [-0.4, -0.2) is 13.0 Å². The van der Waals surface area contributed by atoms with Gasteiger partial charge >= 0.3 is 29.6 Å². The normalized spacial score (nSPS) is 10.9. The SMILES string of the molecule is Cc1cc(C)c(S(=O)(=O)O)c(C)c1.[H-].[Na+]. The van der Waals surface area contributed by atoms with E-state index < -0.39 is 10.1 Å². The first-order valence-electron chi connectivity index (χ1n) is 3.87. The van der Waals surface area contributed by atoms with E-state index in [-0.39, 0.29) is 35.9 Å². The summed E-state index contributed by atoms with van der Waals surface area (Å²) in [5.41, 5.74) is 2.16. The first kappa shape index (κ1) is 14.1. The molecule has 14 heavy (non-hydrogen) atoms. The standard InChI is InChI=1S/C9H12O3S.Na.H/c1-6-4-7(2)9(8(3)5-6)13(10,11)12;;/h4-5H,1-3H3,(H,10,11,12);;/q;+1;-1. The topological polar surface area (TPSA) is 54.4 Å². The van der Waals surface area contributed by atoms with Gasteiger partial charge in [0.25, 0.3) is 10.1 Å². The number of rotatable bonds is 1. The molecule has 0 aliphatic carbocycles. The Labute approximate surface area is 108 Å². The van der Waals surface area contributed by atoms with Crippen molar-refractivity contribution in [1.82, 2.24) is 0 Å². The molecule has 0 unspecified atom stereocenters. The second-order valence-corrected chi connectivity index (χ2v) is 4.56. The molecule has 0 bridgehead atoms. The molecule has 1 rings (SSSR count). The quantitative estimate of drug-likeness (QED) is 0.490. The summed E-state index contributed by atoms with van der Waals surface area (Å²) in [7, 11) is -4.08. The van der Waals surface area contributed by atoms with Gasteiger partial charge in [-0.25, -0.2) is 0 Å². The molecule has 1 N–H and O–H groups in total. The largest absolute Gasteiger partial charge is 1.00 e. The van der Waals surface area contributed by atoms with Crippen molar-refractivity contribution >= 4 is 10.1 Å². The van der Waals surface area contributed by atoms with Crippen LogP contribution in [0.3, 0.4) is 0 Å². The second kappa shape index (κ2) is 4.77. The fourth-order valence-electron chi connectivity index (χ4n) is 1.57. The molecule has 0 saturated heterocycles. The zero-order valence-electron chi connectivity index (χ0n) is 9.83. The van der Waals surface area contributed by atoms with Gasteiger partial charge in [-0.1, -0.05) is 17.7 Å². The molecule has 0 aliphatic heterocycles. The summed E-state index contributed by atoms with van der Waals surface area (Å²) in [6, 6.07) is 3.46. The molecule has 0 amide bonds. The molecule has 1 aromatic carbocycles. The maximum atomic E-state index is 10.9. The first-order valence-corrected chi connectivity index (χ1v) is 5.31. The fourth-order valence-corrected chi connectivity index (χ4v) is 2.51. The molecule has 5 heteroatoms. The first-order chi connectivity index (χ1) is 5.82. The van der Waals surface area contributed by atoms with Crippen molar-refractivity contribution in [2.45, 2.75) is 25.7 Å². The molecular weight excluding hydrogens is 211 g/mol. The fraction of sp³-hybridized carbons (Fsp3) is 0.333. The molecular formula is C9H13NaO3S. The molecule has 3 nitrogen and oxygen atoms in total. The van der Waals surface area contributed by atoms with E-state index in [1.54, 1.807) is 26.0 Å². The molecule has 0 atom stereocenters. The van der Waals surface area contributed by atoms with Gasteiger partial charge in [-0.05, 0) is 31.9 Å². The molecule has 0 heterocycles. The van der Waals surface area contributed by atoms with Crippen LogP contribution >= 0.6 is 0 Å². The van der Waals surface area contributed by atoms with E-state index in [1.807, 2.05) is 6.92 Å². The van der Waals surface area contributed by atoms with Crippen molar-refractivity contribution in [2.75, 3.05) is 0 Å². The Morgan fingerprint density at radius 2 is 1.50 bits per heavy atom. The number of hydrogen-bond acceptors (Lipinski definition) is 2. The minimum atomic E-state index is -4.08. The predicted octanol–water partition coefficient (Wildman–Crippen LogP) is -1.02. The van der Waals surface area contributed by atoms with Crippen molar-refractivity contribution in [2.24, 2.45) is 0 Å². The minimum Gasteiger partial charge on any atom is -1.00 e. The Hall–Kier alpha value is 0.130. The van der Waals surface area contributed by atoms with Crippen LogP contribution in [0.15, 0.2) is 17.0 Å². The zero-order chi connectivity index (χ0) is 10.2. The van der Waals surface area contributed by atoms with Gasteiger partial charge in [0.2, 0.25) is 0 Å². The third kappa shape index (κ3) is 3.07. The van der Waals surface area contributed by atoms with Crippen molar-refractivity contribution in [3.05, 3.63) is 28.8 Å². The van der Waals surface area contributed by atoms with E-state index in [2.05, 4.69) is 0 Å². The molecule has 0 radical (unpaired) electrons. The number of aryl methyl sites for hydroxylation is 3. The maximum Gasteiger partial charge on any atom is 1.00 e. The predicted molar refractivity (Wildman–Crippen MR) is 51.6 cm³/mol. The molecule has 0 aliphatic rings. The Balaban J connectivity index is 0. The van der Waals surface area contributed by atoms with Crippen LogP contribution in [0.2, 0.25) is 0 Å². The van der Waals surface area contributed by atoms with Crippen molar-refractivity contribution in [1.29, 1.82) is 0 Å². The van der Waals surface area contributed by atoms with Gasteiger partial charge in [0, 0.05) is 0 Å². The number of benzene rings is 1. The molecule has 0 spiro atoms. The Morgan fingerprint density at radius 3 is 1.79 bits per heavy atom. The third-order valence-corrected chi connectivity index (χ3v) is 3.02. The Bertz CT molecular complexity index is 420. The van der Waals surface area contributed by atoms with E-state index in [0.717, 1.165) is 5.56 Å². The summed E-state index contributed by atoms with van der Waals surface area (Å²) in [4.78, 5) is 0.0260. The average Bonchev–Trinajstić information content (AvgIpc) is 1.78. The van der Waals surface area contributed by atoms with Crippen molar-refractivity contribution in [3.63, 3.8) is 0 Å². The third-order valence-electron chi connectivity index (χ3n) is 1.86. The van der Waals surface area contributed by atoms with Crippen LogP contribution in [0.25, 0.3) is 0 Å². The van der Waals surface area contributed by atoms with Gasteiger partial charge in [0.1, 0.15) is 0 Å². The zero-order valence-corrected chi connectivity index (χ0v) is 11.6. The van der Waals surface area contributed by atoms with Gasteiger partial charge < -0.3 is 1.43 Å². The van der Waals surface area contributed by atoms with Crippen LogP contribution in [-0.2, 0) is 10.1 Å². The second-order valence-electron chi connectivity index (χ2n) is 3.20.